The standard InChI is InChI=1S/C35H47N16O18P3/c36-16(1-2-52)17(54)7-61-70(55,56)68-19-4-25(50-14-47-28-31(38)41-11-44-34(28)50)65-22(19)9-63-72(59,60)69-20-5-26(51-15-48-29-32(39)42-12-45-35(29)51)66-23(20)8-62-71(57,58)67-18-3-24(64-21(18)6-53)49-13-46-27-30(37)40-10-43-33(27)49/h2,10-26,53-54H,1,3-9,36H2,(H,55,56)(H,57,58)(H,59,60)(H2,37,40,43)(H2,38,41,44)(H2,39,42,45)/t16?,17-,18?,19?,20?,21-,22-,23-,24-,25-,26-/m1/s1. The summed E-state index contributed by atoms with van der Waals surface area (Å²) in [6.07, 6.45) is -5.58. The van der Waals surface area contributed by atoms with Crippen molar-refractivity contribution in [2.45, 2.75) is 93.1 Å². The minimum Gasteiger partial charge on any atom is -0.394 e. The molecule has 0 aromatic carbocycles. The zero-order chi connectivity index (χ0) is 51.1. The van der Waals surface area contributed by atoms with E-state index in [1.54, 1.807) is 0 Å². The Kier molecular flexibility index (Phi) is 15.1. The molecule has 3 saturated heterocycles. The van der Waals surface area contributed by atoms with Crippen molar-refractivity contribution >= 4 is 80.7 Å². The van der Waals surface area contributed by atoms with E-state index in [0.717, 1.165) is 0 Å². The summed E-state index contributed by atoms with van der Waals surface area (Å²) in [5, 5.41) is 20.4. The fourth-order valence-electron chi connectivity index (χ4n) is 8.15. The predicted octanol–water partition coefficient (Wildman–Crippen LogP) is -1.11. The number of aromatic nitrogens is 12. The van der Waals surface area contributed by atoms with Gasteiger partial charge in [0.2, 0.25) is 0 Å². The van der Waals surface area contributed by atoms with Crippen LogP contribution in [-0.4, -0.2) is 165 Å². The van der Waals surface area contributed by atoms with Crippen molar-refractivity contribution in [3.8, 4) is 0 Å². The number of aliphatic hydroxyl groups excluding tert-OH is 2. The molecule has 14 atom stereocenters. The van der Waals surface area contributed by atoms with Crippen LogP contribution < -0.4 is 22.9 Å². The van der Waals surface area contributed by atoms with Crippen molar-refractivity contribution in [1.82, 2.24) is 58.6 Å². The van der Waals surface area contributed by atoms with Gasteiger partial charge in [0, 0.05) is 31.7 Å². The van der Waals surface area contributed by atoms with Gasteiger partial charge >= 0.3 is 23.5 Å². The maximum atomic E-state index is 13.9. The van der Waals surface area contributed by atoms with E-state index in [2.05, 4.69) is 44.9 Å². The molecular formula is C35H47N16O18P3. The third-order valence-electron chi connectivity index (χ3n) is 11.7. The highest BCUT2D eigenvalue weighted by molar-refractivity contribution is 7.48. The number of nitrogens with zero attached hydrogens (tertiary/aromatic N) is 12. The highest BCUT2D eigenvalue weighted by Gasteiger charge is 2.48. The van der Waals surface area contributed by atoms with E-state index in [-0.39, 0.29) is 71.0 Å². The molecule has 3 aliphatic heterocycles. The molecule has 37 heteroatoms. The monoisotopic (exact) mass is 1070 g/mol. The number of phosphoric acid groups is 3. The fraction of sp³-hybridized carbons (Fsp3) is 0.543. The third-order valence-corrected chi connectivity index (χ3v) is 14.7. The van der Waals surface area contributed by atoms with Crippen LogP contribution in [0.2, 0.25) is 0 Å². The lowest BCUT2D eigenvalue weighted by Crippen LogP contribution is -2.38. The van der Waals surface area contributed by atoms with E-state index in [9.17, 15) is 43.4 Å². The number of hydrogen-bond acceptors (Lipinski definition) is 28. The molecule has 9 rings (SSSR count). The number of aldehydes is 1. The second-order valence-electron chi connectivity index (χ2n) is 16.4. The second kappa shape index (κ2) is 21.0. The van der Waals surface area contributed by atoms with Gasteiger partial charge in [0.1, 0.15) is 97.1 Å². The molecule has 0 spiro atoms. The first-order valence-corrected chi connectivity index (χ1v) is 26.0. The Morgan fingerprint density at radius 1 is 0.611 bits per heavy atom. The number of aliphatic hydroxyl groups is 2. The van der Waals surface area contributed by atoms with Crippen molar-refractivity contribution in [1.29, 1.82) is 0 Å². The lowest BCUT2D eigenvalue weighted by atomic mass is 10.1. The number of fused-ring (bicyclic) bond motifs is 3. The molecule has 0 aliphatic carbocycles. The summed E-state index contributed by atoms with van der Waals surface area (Å²) in [5.74, 6) is 0.172. The molecule has 7 unspecified atom stereocenters. The molecule has 0 bridgehead atoms. The Morgan fingerprint density at radius 3 is 1.35 bits per heavy atom. The van der Waals surface area contributed by atoms with Gasteiger partial charge < -0.3 is 66.8 Å². The summed E-state index contributed by atoms with van der Waals surface area (Å²) in [6.45, 7) is -3.11. The second-order valence-corrected chi connectivity index (χ2v) is 20.6. The van der Waals surface area contributed by atoms with Crippen molar-refractivity contribution in [2.75, 3.05) is 43.6 Å². The van der Waals surface area contributed by atoms with Gasteiger partial charge in [-0.05, 0) is 0 Å². The maximum Gasteiger partial charge on any atom is 0.472 e. The number of carbonyl (C=O) groups is 1. The quantitative estimate of drug-likeness (QED) is 0.0287. The first-order chi connectivity index (χ1) is 34.3. The number of anilines is 3. The molecule has 9 heterocycles. The first kappa shape index (κ1) is 51.7. The van der Waals surface area contributed by atoms with Gasteiger partial charge in [0.15, 0.2) is 34.4 Å². The average molecular weight is 1070 g/mol. The van der Waals surface area contributed by atoms with E-state index >= 15 is 0 Å². The Morgan fingerprint density at radius 2 is 0.972 bits per heavy atom. The van der Waals surface area contributed by atoms with Crippen molar-refractivity contribution in [3.05, 3.63) is 38.0 Å². The van der Waals surface area contributed by atoms with E-state index in [0.29, 0.717) is 11.9 Å². The Labute approximate surface area is 403 Å². The van der Waals surface area contributed by atoms with Gasteiger partial charge in [0.25, 0.3) is 0 Å². The SMILES string of the molecule is Nc1ncnc2c1ncn2[C@H]1CC(OP(=O)(O)OC[C@H]2O[C@@H](n3cnc4c(N)ncnc43)CC2OP(=O)(O)OC[C@H]2O[C@@H](n3cnc4c(N)ncnc43)CC2OP(=O)(O)OC[C@@H](O)C(N)CC=O)[C@@H](CO)O1. The molecule has 6 aromatic heterocycles. The smallest absolute Gasteiger partial charge is 0.394 e. The average Bonchev–Trinajstić information content (AvgIpc) is 4.20. The zero-order valence-electron chi connectivity index (χ0n) is 37.1. The number of carbonyl (C=O) groups excluding carboxylic acids is 1. The number of nitrogen functional groups attached to an aromatic ring is 3. The van der Waals surface area contributed by atoms with Gasteiger partial charge in [-0.3, -0.25) is 40.8 Å². The third kappa shape index (κ3) is 11.2. The molecule has 0 radical (unpaired) electrons. The number of rotatable bonds is 22. The summed E-state index contributed by atoms with van der Waals surface area (Å²) in [4.78, 5) is 80.8. The van der Waals surface area contributed by atoms with E-state index in [4.69, 9.17) is 64.3 Å². The molecular weight excluding hydrogens is 1030 g/mol. The lowest BCUT2D eigenvalue weighted by Gasteiger charge is -2.25. The summed E-state index contributed by atoms with van der Waals surface area (Å²) >= 11 is 0. The van der Waals surface area contributed by atoms with Crippen LogP contribution in [-0.2, 0) is 59.8 Å². The molecule has 72 heavy (non-hydrogen) atoms. The van der Waals surface area contributed by atoms with Gasteiger partial charge in [-0.25, -0.2) is 58.6 Å². The Balaban J connectivity index is 0.902. The summed E-state index contributed by atoms with van der Waals surface area (Å²) in [6, 6.07) is -1.13. The number of nitrogens with two attached hydrogens (primary N) is 4. The minimum absolute atomic E-state index is 0.0341. The Hall–Kier alpha value is -5.19. The van der Waals surface area contributed by atoms with Crippen molar-refractivity contribution in [3.63, 3.8) is 0 Å². The molecule has 6 aromatic rings. The van der Waals surface area contributed by atoms with E-state index < -0.39 is 117 Å². The first-order valence-electron chi connectivity index (χ1n) is 21.5. The largest absolute Gasteiger partial charge is 0.472 e. The van der Waals surface area contributed by atoms with E-state index in [1.165, 1.54) is 51.7 Å². The molecule has 13 N–H and O–H groups in total. The predicted molar refractivity (Wildman–Crippen MR) is 238 cm³/mol. The zero-order valence-corrected chi connectivity index (χ0v) is 39.8. The number of phosphoric ester groups is 3. The lowest BCUT2D eigenvalue weighted by molar-refractivity contribution is -0.108. The number of ether oxygens (including phenoxy) is 3. The Bertz CT molecular complexity index is 3060. The van der Waals surface area contributed by atoms with Gasteiger partial charge in [-0.1, -0.05) is 0 Å². The van der Waals surface area contributed by atoms with Crippen LogP contribution >= 0.6 is 23.5 Å². The normalized spacial score (nSPS) is 28.1. The molecule has 390 valence electrons. The summed E-state index contributed by atoms with van der Waals surface area (Å²) in [7, 11) is -15.4. The van der Waals surface area contributed by atoms with Crippen LogP contribution in [0.15, 0.2) is 38.0 Å². The van der Waals surface area contributed by atoms with Gasteiger partial charge in [-0.15, -0.1) is 0 Å². The van der Waals surface area contributed by atoms with Crippen LogP contribution in [0.4, 0.5) is 17.5 Å². The molecule has 0 amide bonds. The highest BCUT2D eigenvalue weighted by atomic mass is 31.2. The number of imidazole rings is 3. The van der Waals surface area contributed by atoms with Crippen LogP contribution in [0, 0.1) is 0 Å². The van der Waals surface area contributed by atoms with Crippen LogP contribution in [0.25, 0.3) is 33.5 Å². The maximum absolute atomic E-state index is 13.9. The summed E-state index contributed by atoms with van der Waals surface area (Å²) in [5.41, 5.74) is 24.9. The van der Waals surface area contributed by atoms with Crippen LogP contribution in [0.3, 0.4) is 0 Å². The highest BCUT2D eigenvalue weighted by Crippen LogP contribution is 2.54. The summed E-state index contributed by atoms with van der Waals surface area (Å²) < 4.78 is 95.6. The number of hydrogen-bond donors (Lipinski definition) is 9. The van der Waals surface area contributed by atoms with Crippen LogP contribution in [0.1, 0.15) is 44.4 Å². The molecule has 3 fully saturated rings. The fourth-order valence-corrected chi connectivity index (χ4v) is 11.0. The molecule has 0 saturated carbocycles. The topological polar surface area (TPSA) is 487 Å². The van der Waals surface area contributed by atoms with Gasteiger partial charge in [-0.2, -0.15) is 0 Å². The minimum atomic E-state index is -5.26. The molecule has 34 nitrogen and oxygen atoms in total. The van der Waals surface area contributed by atoms with Gasteiger partial charge in [0.05, 0.1) is 51.5 Å². The van der Waals surface area contributed by atoms with E-state index in [1.807, 2.05) is 0 Å². The molecule has 3 aliphatic rings. The van der Waals surface area contributed by atoms with Crippen molar-refractivity contribution in [2.24, 2.45) is 5.73 Å². The van der Waals surface area contributed by atoms with Crippen molar-refractivity contribution < 1.29 is 84.7 Å². The van der Waals surface area contributed by atoms with Crippen LogP contribution in [0.5, 0.6) is 0 Å².